The summed E-state index contributed by atoms with van der Waals surface area (Å²) in [5.41, 5.74) is 0.191. The van der Waals surface area contributed by atoms with Crippen molar-refractivity contribution in [3.8, 4) is 0 Å². The van der Waals surface area contributed by atoms with E-state index in [4.69, 9.17) is 14.2 Å². The van der Waals surface area contributed by atoms with Gasteiger partial charge in [-0.25, -0.2) is 0 Å². The molecule has 0 bridgehead atoms. The second-order valence-electron chi connectivity index (χ2n) is 8.01. The first kappa shape index (κ1) is 19.8. The lowest BCUT2D eigenvalue weighted by Gasteiger charge is -2.42. The summed E-state index contributed by atoms with van der Waals surface area (Å²) < 4.78 is 45.8. The molecule has 1 aliphatic heterocycles. The molecule has 0 amide bonds. The van der Waals surface area contributed by atoms with Crippen molar-refractivity contribution in [1.82, 2.24) is 0 Å². The fraction of sp³-hybridized carbons (Fsp3) is 0.455. The van der Waals surface area contributed by atoms with E-state index in [0.29, 0.717) is 5.56 Å². The molecule has 5 heteroatoms. The number of hydrogen-bond acceptors (Lipinski definition) is 3. The highest BCUT2D eigenvalue weighted by Gasteiger charge is 2.47. The van der Waals surface area contributed by atoms with E-state index >= 15 is 0 Å². The largest absolute Gasteiger partial charge is 0.456 e. The Kier molecular flexibility index (Phi) is 5.04. The van der Waals surface area contributed by atoms with Gasteiger partial charge in [0, 0.05) is 26.0 Å². The van der Waals surface area contributed by atoms with Crippen molar-refractivity contribution in [2.75, 3.05) is 7.11 Å². The molecule has 1 heterocycles. The maximum Gasteiger partial charge on any atom is 0.301 e. The summed E-state index contributed by atoms with van der Waals surface area (Å²) in [5, 5.41) is 2.05. The number of benzene rings is 2. The first-order chi connectivity index (χ1) is 12.5. The molecule has 0 aromatic heterocycles. The highest BCUT2D eigenvalue weighted by Crippen LogP contribution is 2.44. The molecule has 0 radical (unpaired) electrons. The van der Waals surface area contributed by atoms with Crippen molar-refractivity contribution in [1.29, 1.82) is 0 Å². The number of rotatable bonds is 4. The second-order valence-corrected chi connectivity index (χ2v) is 8.01. The molecular weight excluding hydrogens is 350 g/mol. The minimum Gasteiger partial charge on any atom is -0.456 e. The molecule has 0 aliphatic carbocycles. The average Bonchev–Trinajstić information content (AvgIpc) is 2.58. The van der Waals surface area contributed by atoms with E-state index in [9.17, 15) is 8.78 Å². The van der Waals surface area contributed by atoms with Crippen LogP contribution >= 0.6 is 0 Å². The zero-order valence-electron chi connectivity index (χ0n) is 16.4. The molecule has 3 nitrogen and oxygen atoms in total. The molecule has 0 fully saturated rings. The van der Waals surface area contributed by atoms with E-state index in [2.05, 4.69) is 0 Å². The van der Waals surface area contributed by atoms with Crippen molar-refractivity contribution < 1.29 is 23.0 Å². The zero-order chi connectivity index (χ0) is 19.9. The molecule has 0 spiro atoms. The minimum atomic E-state index is -3.14. The molecule has 1 aliphatic rings. The van der Waals surface area contributed by atoms with Crippen LogP contribution in [0, 0.1) is 0 Å². The van der Waals surface area contributed by atoms with Gasteiger partial charge in [-0.3, -0.25) is 0 Å². The van der Waals surface area contributed by atoms with Crippen LogP contribution in [-0.2, 0) is 20.0 Å². The minimum absolute atomic E-state index is 0.276. The van der Waals surface area contributed by atoms with Crippen molar-refractivity contribution in [3.63, 3.8) is 0 Å². The SMILES string of the molecule is CO[C@@]1(c2ccc3ccccc3c2)C[C@H](OC(C)(C)C)C=C(C(C)(F)F)O1. The molecule has 2 aromatic carbocycles. The first-order valence-electron chi connectivity index (χ1n) is 9.04. The third kappa shape index (κ3) is 4.30. The molecular formula is C22H26F2O3. The monoisotopic (exact) mass is 376 g/mol. The number of halogens is 2. The summed E-state index contributed by atoms with van der Waals surface area (Å²) >= 11 is 0. The van der Waals surface area contributed by atoms with Gasteiger partial charge in [0.2, 0.25) is 5.79 Å². The Morgan fingerprint density at radius 2 is 1.70 bits per heavy atom. The van der Waals surface area contributed by atoms with Crippen LogP contribution < -0.4 is 0 Å². The van der Waals surface area contributed by atoms with Crippen molar-refractivity contribution >= 4 is 10.8 Å². The fourth-order valence-electron chi connectivity index (χ4n) is 3.36. The van der Waals surface area contributed by atoms with Crippen LogP contribution in [0.5, 0.6) is 0 Å². The van der Waals surface area contributed by atoms with E-state index < -0.39 is 29.2 Å². The molecule has 27 heavy (non-hydrogen) atoms. The standard InChI is InChI=1S/C22H26F2O3/c1-20(2,3)26-18-13-19(21(4,23)24)27-22(14-18,25-5)17-11-10-15-8-6-7-9-16(15)12-17/h6-13,18H,14H2,1-5H3/t18-,22+/m1/s1. The summed E-state index contributed by atoms with van der Waals surface area (Å²) in [5.74, 6) is -4.91. The Hall–Kier alpha value is -1.98. The predicted octanol–water partition coefficient (Wildman–Crippen LogP) is 5.78. The third-order valence-corrected chi connectivity index (χ3v) is 4.54. The lowest BCUT2D eigenvalue weighted by atomic mass is 9.93. The Morgan fingerprint density at radius 1 is 1.04 bits per heavy atom. The van der Waals surface area contributed by atoms with E-state index in [1.807, 2.05) is 63.2 Å². The van der Waals surface area contributed by atoms with Gasteiger partial charge in [-0.05, 0) is 43.7 Å². The summed E-state index contributed by atoms with van der Waals surface area (Å²) in [6.07, 6.45) is 1.08. The first-order valence-corrected chi connectivity index (χ1v) is 9.04. The van der Waals surface area contributed by atoms with Crippen molar-refractivity contribution in [3.05, 3.63) is 59.9 Å². The topological polar surface area (TPSA) is 27.7 Å². The molecule has 0 N–H and O–H groups in total. The normalized spacial score (nSPS) is 23.8. The van der Waals surface area contributed by atoms with Crippen LogP contribution in [0.1, 0.15) is 39.7 Å². The van der Waals surface area contributed by atoms with Crippen LogP contribution in [0.2, 0.25) is 0 Å². The Bertz CT molecular complexity index is 848. The number of alkyl halides is 2. The van der Waals surface area contributed by atoms with E-state index in [0.717, 1.165) is 17.7 Å². The fourth-order valence-corrected chi connectivity index (χ4v) is 3.36. The van der Waals surface area contributed by atoms with Gasteiger partial charge in [-0.1, -0.05) is 36.4 Å². The predicted molar refractivity (Wildman–Crippen MR) is 102 cm³/mol. The number of hydrogen-bond donors (Lipinski definition) is 0. The van der Waals surface area contributed by atoms with Crippen LogP contribution in [0.15, 0.2) is 54.3 Å². The molecule has 0 unspecified atom stereocenters. The van der Waals surface area contributed by atoms with Gasteiger partial charge in [0.1, 0.15) is 0 Å². The number of fused-ring (bicyclic) bond motifs is 1. The van der Waals surface area contributed by atoms with Crippen LogP contribution in [0.25, 0.3) is 10.8 Å². The summed E-state index contributed by atoms with van der Waals surface area (Å²) in [6, 6.07) is 13.6. The maximum atomic E-state index is 14.2. The number of allylic oxidation sites excluding steroid dienone is 1. The van der Waals surface area contributed by atoms with E-state index in [1.54, 1.807) is 0 Å². The van der Waals surface area contributed by atoms with Crippen molar-refractivity contribution in [2.45, 2.75) is 57.5 Å². The lowest BCUT2D eigenvalue weighted by Crippen LogP contribution is -2.44. The molecule has 3 rings (SSSR count). The van der Waals surface area contributed by atoms with Gasteiger partial charge in [-0.2, -0.15) is 8.78 Å². The van der Waals surface area contributed by atoms with E-state index in [1.165, 1.54) is 13.2 Å². The van der Waals surface area contributed by atoms with Gasteiger partial charge in [0.15, 0.2) is 5.76 Å². The summed E-state index contributed by atoms with van der Waals surface area (Å²) in [7, 11) is 1.47. The van der Waals surface area contributed by atoms with Crippen LogP contribution in [-0.4, -0.2) is 24.7 Å². The quantitative estimate of drug-likeness (QED) is 0.677. The second kappa shape index (κ2) is 6.88. The lowest BCUT2D eigenvalue weighted by molar-refractivity contribution is -0.256. The van der Waals surface area contributed by atoms with Gasteiger partial charge < -0.3 is 14.2 Å². The van der Waals surface area contributed by atoms with Gasteiger partial charge >= 0.3 is 5.92 Å². The summed E-state index contributed by atoms with van der Waals surface area (Å²) in [4.78, 5) is 0. The molecule has 2 atom stereocenters. The molecule has 146 valence electrons. The molecule has 2 aromatic rings. The van der Waals surface area contributed by atoms with Gasteiger partial charge in [-0.15, -0.1) is 0 Å². The van der Waals surface area contributed by atoms with Gasteiger partial charge in [0.05, 0.1) is 11.7 Å². The van der Waals surface area contributed by atoms with E-state index in [-0.39, 0.29) is 6.42 Å². The highest BCUT2D eigenvalue weighted by atomic mass is 19.3. The Labute approximate surface area is 158 Å². The van der Waals surface area contributed by atoms with Crippen LogP contribution in [0.3, 0.4) is 0 Å². The smallest absolute Gasteiger partial charge is 0.301 e. The molecule has 0 saturated heterocycles. The Balaban J connectivity index is 2.07. The van der Waals surface area contributed by atoms with Crippen LogP contribution in [0.4, 0.5) is 8.78 Å². The zero-order valence-corrected chi connectivity index (χ0v) is 16.4. The maximum absolute atomic E-state index is 14.2. The number of ether oxygens (including phenoxy) is 3. The van der Waals surface area contributed by atoms with Crippen molar-refractivity contribution in [2.24, 2.45) is 0 Å². The average molecular weight is 376 g/mol. The molecule has 0 saturated carbocycles. The Morgan fingerprint density at radius 3 is 2.30 bits per heavy atom. The van der Waals surface area contributed by atoms with Gasteiger partial charge in [0.25, 0.3) is 0 Å². The number of methoxy groups -OCH3 is 1. The third-order valence-electron chi connectivity index (χ3n) is 4.54. The summed E-state index contributed by atoms with van der Waals surface area (Å²) in [6.45, 7) is 6.50. The highest BCUT2D eigenvalue weighted by molar-refractivity contribution is 5.83.